The van der Waals surface area contributed by atoms with Crippen LogP contribution in [0.3, 0.4) is 0 Å². The molecule has 0 saturated heterocycles. The lowest BCUT2D eigenvalue weighted by Gasteiger charge is -2.38. The lowest BCUT2D eigenvalue weighted by atomic mass is 9.66. The van der Waals surface area contributed by atoms with Gasteiger partial charge in [-0.2, -0.15) is 9.65 Å². The predicted molar refractivity (Wildman–Crippen MR) is 125 cm³/mol. The topological polar surface area (TPSA) is 50.1 Å². The molecule has 0 radical (unpaired) electrons. The smallest absolute Gasteiger partial charge is 0.343 e. The number of hydrogen-bond acceptors (Lipinski definition) is 3. The molecule has 3 nitrogen and oxygen atoms in total. The Morgan fingerprint density at radius 2 is 1.61 bits per heavy atom. The first-order chi connectivity index (χ1) is 16.0. The Morgan fingerprint density at radius 1 is 0.939 bits per heavy atom. The first kappa shape index (κ1) is 24.9. The van der Waals surface area contributed by atoms with Gasteiger partial charge in [-0.3, -0.25) is 0 Å². The van der Waals surface area contributed by atoms with E-state index < -0.39 is 28.9 Å². The summed E-state index contributed by atoms with van der Waals surface area (Å²) in [4.78, 5) is 12.5. The van der Waals surface area contributed by atoms with Crippen molar-refractivity contribution >= 4 is 5.97 Å². The maximum Gasteiger partial charge on any atom is 0.343 e. The van der Waals surface area contributed by atoms with Gasteiger partial charge >= 0.3 is 5.97 Å². The Hall–Kier alpha value is -2.74. The fraction of sp³-hybridized carbons (Fsp3) is 0.500. The zero-order valence-corrected chi connectivity index (χ0v) is 19.5. The Kier molecular flexibility index (Phi) is 9.00. The van der Waals surface area contributed by atoms with Crippen LogP contribution in [0.25, 0.3) is 0 Å². The molecule has 0 spiro atoms. The molecule has 0 aromatic heterocycles. The summed E-state index contributed by atoms with van der Waals surface area (Å²) >= 11 is 0. The first-order valence-electron chi connectivity index (χ1n) is 12.2. The maximum atomic E-state index is 14.1. The summed E-state index contributed by atoms with van der Waals surface area (Å²) in [5, 5.41) is 8.79. The molecule has 0 unspecified atom stereocenters. The van der Waals surface area contributed by atoms with Crippen LogP contribution in [-0.2, 0) is 5.41 Å². The molecule has 0 N–H and O–H groups in total. The van der Waals surface area contributed by atoms with Crippen LogP contribution < -0.4 is 4.74 Å². The fourth-order valence-electron chi connectivity index (χ4n) is 4.97. The van der Waals surface area contributed by atoms with Gasteiger partial charge in [-0.1, -0.05) is 76.8 Å². The van der Waals surface area contributed by atoms with Gasteiger partial charge in [-0.05, 0) is 54.5 Å². The Labute approximate surface area is 195 Å². The molecule has 176 valence electrons. The molecule has 0 atom stereocenters. The lowest BCUT2D eigenvalue weighted by Crippen LogP contribution is -2.29. The van der Waals surface area contributed by atoms with Crippen molar-refractivity contribution in [3.8, 4) is 11.8 Å². The fourth-order valence-corrected chi connectivity index (χ4v) is 4.97. The number of nitrogens with zero attached hydrogens (tertiary/aromatic N) is 1. The van der Waals surface area contributed by atoms with Gasteiger partial charge in [0.2, 0.25) is 5.82 Å². The van der Waals surface area contributed by atoms with E-state index in [1.165, 1.54) is 82.6 Å². The first-order valence-corrected chi connectivity index (χ1v) is 12.2. The van der Waals surface area contributed by atoms with E-state index in [0.717, 1.165) is 12.1 Å². The highest BCUT2D eigenvalue weighted by molar-refractivity contribution is 5.91. The molecule has 0 aliphatic heterocycles. The van der Waals surface area contributed by atoms with Gasteiger partial charge in [0.25, 0.3) is 0 Å². The SMILES string of the molecule is CCCCCCCCC1(c2ccc(C(=O)Oc3ccc(C#N)c(F)c3F)cc2)CCCCC1. The summed E-state index contributed by atoms with van der Waals surface area (Å²) in [7, 11) is 0. The van der Waals surface area contributed by atoms with Gasteiger partial charge in [0.15, 0.2) is 11.6 Å². The molecule has 0 heterocycles. The zero-order chi connectivity index (χ0) is 23.7. The van der Waals surface area contributed by atoms with Crippen LogP contribution >= 0.6 is 0 Å². The van der Waals surface area contributed by atoms with Crippen LogP contribution in [0.2, 0.25) is 0 Å². The second-order valence-corrected chi connectivity index (χ2v) is 9.18. The van der Waals surface area contributed by atoms with Crippen molar-refractivity contribution in [2.45, 2.75) is 89.4 Å². The van der Waals surface area contributed by atoms with Gasteiger partial charge in [0.05, 0.1) is 11.1 Å². The number of halogens is 2. The van der Waals surface area contributed by atoms with E-state index in [2.05, 4.69) is 6.92 Å². The molecule has 1 aliphatic rings. The highest BCUT2D eigenvalue weighted by Crippen LogP contribution is 2.43. The molecule has 3 rings (SSSR count). The van der Waals surface area contributed by atoms with Crippen molar-refractivity contribution in [3.05, 3.63) is 64.7 Å². The highest BCUT2D eigenvalue weighted by Gasteiger charge is 2.33. The third-order valence-electron chi connectivity index (χ3n) is 6.92. The van der Waals surface area contributed by atoms with E-state index in [0.29, 0.717) is 0 Å². The number of rotatable bonds is 10. The molecular weight excluding hydrogens is 420 g/mol. The summed E-state index contributed by atoms with van der Waals surface area (Å²) in [6.07, 6.45) is 14.9. The minimum absolute atomic E-state index is 0.161. The number of carbonyl (C=O) groups excluding carboxylic acids is 1. The number of esters is 1. The lowest BCUT2D eigenvalue weighted by molar-refractivity contribution is 0.0726. The van der Waals surface area contributed by atoms with E-state index in [1.807, 2.05) is 12.1 Å². The average Bonchev–Trinajstić information content (AvgIpc) is 2.85. The standard InChI is InChI=1S/C28H33F2NO2/c1-2-3-4-5-6-8-17-28(18-9-7-10-19-28)23-14-11-21(12-15-23)27(32)33-24-16-13-22(20-31)25(29)26(24)30/h11-16H,2-10,17-19H2,1H3. The van der Waals surface area contributed by atoms with E-state index in [-0.39, 0.29) is 11.0 Å². The third kappa shape index (κ3) is 6.19. The van der Waals surface area contributed by atoms with Gasteiger partial charge in [0.1, 0.15) is 6.07 Å². The largest absolute Gasteiger partial charge is 0.420 e. The van der Waals surface area contributed by atoms with Crippen molar-refractivity contribution in [2.24, 2.45) is 0 Å². The van der Waals surface area contributed by atoms with Crippen molar-refractivity contribution in [1.82, 2.24) is 0 Å². The van der Waals surface area contributed by atoms with Crippen LogP contribution in [0, 0.1) is 23.0 Å². The van der Waals surface area contributed by atoms with Gasteiger partial charge < -0.3 is 4.74 Å². The number of unbranched alkanes of at least 4 members (excludes halogenated alkanes) is 5. The Bertz CT molecular complexity index is 973. The molecule has 1 saturated carbocycles. The Balaban J connectivity index is 1.68. The number of hydrogen-bond donors (Lipinski definition) is 0. The van der Waals surface area contributed by atoms with E-state index in [1.54, 1.807) is 18.2 Å². The zero-order valence-electron chi connectivity index (χ0n) is 19.5. The monoisotopic (exact) mass is 453 g/mol. The molecule has 5 heteroatoms. The summed E-state index contributed by atoms with van der Waals surface area (Å²) in [5.74, 6) is -3.92. The van der Waals surface area contributed by atoms with Crippen LogP contribution in [0.4, 0.5) is 8.78 Å². The molecule has 2 aromatic carbocycles. The molecule has 1 fully saturated rings. The quantitative estimate of drug-likeness (QED) is 0.208. The van der Waals surface area contributed by atoms with Crippen molar-refractivity contribution in [3.63, 3.8) is 0 Å². The summed E-state index contributed by atoms with van der Waals surface area (Å²) in [6, 6.07) is 11.2. The highest BCUT2D eigenvalue weighted by atomic mass is 19.2. The summed E-state index contributed by atoms with van der Waals surface area (Å²) in [6.45, 7) is 2.23. The number of carbonyl (C=O) groups is 1. The van der Waals surface area contributed by atoms with Crippen LogP contribution in [-0.4, -0.2) is 5.97 Å². The van der Waals surface area contributed by atoms with Gasteiger partial charge in [-0.25, -0.2) is 9.18 Å². The number of nitriles is 1. The second-order valence-electron chi connectivity index (χ2n) is 9.18. The number of benzene rings is 2. The van der Waals surface area contributed by atoms with Crippen LogP contribution in [0.15, 0.2) is 36.4 Å². The molecule has 0 amide bonds. The van der Waals surface area contributed by atoms with Gasteiger partial charge in [0, 0.05) is 0 Å². The van der Waals surface area contributed by atoms with Crippen molar-refractivity contribution in [2.75, 3.05) is 0 Å². The maximum absolute atomic E-state index is 14.1. The second kappa shape index (κ2) is 11.9. The minimum atomic E-state index is -1.33. The minimum Gasteiger partial charge on any atom is -0.420 e. The van der Waals surface area contributed by atoms with Gasteiger partial charge in [-0.15, -0.1) is 0 Å². The number of ether oxygens (including phenoxy) is 1. The third-order valence-corrected chi connectivity index (χ3v) is 6.92. The van der Waals surface area contributed by atoms with Crippen LogP contribution in [0.5, 0.6) is 5.75 Å². The van der Waals surface area contributed by atoms with E-state index in [9.17, 15) is 13.6 Å². The summed E-state index contributed by atoms with van der Waals surface area (Å²) in [5.41, 5.74) is 1.27. The van der Waals surface area contributed by atoms with E-state index >= 15 is 0 Å². The molecule has 1 aliphatic carbocycles. The summed E-state index contributed by atoms with van der Waals surface area (Å²) < 4.78 is 33.0. The molecular formula is C28H33F2NO2. The van der Waals surface area contributed by atoms with Crippen molar-refractivity contribution in [1.29, 1.82) is 5.26 Å². The normalized spacial score (nSPS) is 15.1. The molecule has 0 bridgehead atoms. The van der Waals surface area contributed by atoms with Crippen LogP contribution in [0.1, 0.15) is 105 Å². The van der Waals surface area contributed by atoms with E-state index in [4.69, 9.17) is 10.00 Å². The Morgan fingerprint density at radius 3 is 2.27 bits per heavy atom. The predicted octanol–water partition coefficient (Wildman–Crippen LogP) is 8.01. The molecule has 2 aromatic rings. The molecule has 33 heavy (non-hydrogen) atoms. The average molecular weight is 454 g/mol. The van der Waals surface area contributed by atoms with Crippen molar-refractivity contribution < 1.29 is 18.3 Å².